The summed E-state index contributed by atoms with van der Waals surface area (Å²) in [6, 6.07) is 3.82. The summed E-state index contributed by atoms with van der Waals surface area (Å²) < 4.78 is 54.2. The van der Waals surface area contributed by atoms with Crippen LogP contribution in [0, 0.1) is 5.82 Å². The van der Waals surface area contributed by atoms with Crippen molar-refractivity contribution < 1.29 is 14.6 Å². The van der Waals surface area contributed by atoms with E-state index in [-0.39, 0.29) is 22.6 Å². The fourth-order valence-corrected chi connectivity index (χ4v) is 3.89. The molecule has 1 fully saturated rings. The highest BCUT2D eigenvalue weighted by Gasteiger charge is 2.21. The monoisotopic (exact) mass is 453 g/mol. The third kappa shape index (κ3) is 4.24. The minimum atomic E-state index is -3.11. The Morgan fingerprint density at radius 2 is 2.13 bits per heavy atom. The van der Waals surface area contributed by atoms with Crippen LogP contribution in [-0.2, 0) is 0 Å². The number of nitrogen functional groups attached to an aromatic ring is 1. The number of nitrogens with one attached hydrogen (secondary N) is 1. The fourth-order valence-electron chi connectivity index (χ4n) is 3.35. The Balaban J connectivity index is 1.73. The van der Waals surface area contributed by atoms with Gasteiger partial charge in [-0.1, -0.05) is 23.2 Å². The predicted octanol–water partition coefficient (Wildman–Crippen LogP) is 5.04. The van der Waals surface area contributed by atoms with E-state index in [0.717, 1.165) is 38.1 Å². The number of anilines is 1. The van der Waals surface area contributed by atoms with Crippen LogP contribution in [-0.4, -0.2) is 27.9 Å². The van der Waals surface area contributed by atoms with Crippen molar-refractivity contribution in [3.8, 4) is 16.9 Å². The molecule has 9 heteroatoms. The number of nitrogens with zero attached hydrogens (tertiary/aromatic N) is 3. The first-order valence-electron chi connectivity index (χ1n) is 11.3. The lowest BCUT2D eigenvalue weighted by atomic mass is 10.1. The summed E-state index contributed by atoms with van der Waals surface area (Å²) in [6.45, 7) is -1.29. The van der Waals surface area contributed by atoms with Gasteiger partial charge in [0.05, 0.1) is 18.6 Å². The van der Waals surface area contributed by atoms with E-state index in [9.17, 15) is 4.39 Å². The van der Waals surface area contributed by atoms with Crippen LogP contribution in [0.25, 0.3) is 11.1 Å². The largest absolute Gasteiger partial charge is 0.482 e. The van der Waals surface area contributed by atoms with Gasteiger partial charge in [-0.05, 0) is 51.0 Å². The second kappa shape index (κ2) is 8.79. The number of ether oxygens (including phenoxy) is 1. The second-order valence-corrected chi connectivity index (χ2v) is 7.73. The van der Waals surface area contributed by atoms with Crippen molar-refractivity contribution in [1.82, 2.24) is 20.1 Å². The first-order valence-corrected chi connectivity index (χ1v) is 10.1. The minimum absolute atomic E-state index is 0.154. The van der Waals surface area contributed by atoms with Gasteiger partial charge in [0.15, 0.2) is 11.6 Å². The highest BCUT2D eigenvalue weighted by Crippen LogP contribution is 2.37. The summed E-state index contributed by atoms with van der Waals surface area (Å²) in [4.78, 5) is 4.10. The standard InChI is InChI=1S/C21H22Cl2FN5O/c1-12(19-16(22)2-3-17(24)20(19)23)30-18-8-13(9-27-21(18)25)14-10-28-29(11-14)15-4-6-26-7-5-15/h2-3,8-12,15,26H,4-7H2,1H3,(H2,25,27)/t12-/m0/s1/i1D3,12D. The quantitative estimate of drug-likeness (QED) is 0.529. The molecule has 0 spiro atoms. The zero-order valence-electron chi connectivity index (χ0n) is 19.8. The van der Waals surface area contributed by atoms with Gasteiger partial charge in [0.2, 0.25) is 0 Å². The first-order chi connectivity index (χ1) is 16.0. The van der Waals surface area contributed by atoms with Crippen molar-refractivity contribution in [3.63, 3.8) is 0 Å². The van der Waals surface area contributed by atoms with Gasteiger partial charge in [-0.3, -0.25) is 4.68 Å². The van der Waals surface area contributed by atoms with Crippen molar-refractivity contribution in [3.05, 3.63) is 58.2 Å². The molecule has 1 aromatic carbocycles. The molecule has 30 heavy (non-hydrogen) atoms. The van der Waals surface area contributed by atoms with Crippen LogP contribution in [0.15, 0.2) is 36.8 Å². The molecule has 4 rings (SSSR count). The molecule has 0 unspecified atom stereocenters. The second-order valence-electron chi connectivity index (χ2n) is 6.95. The molecule has 3 aromatic rings. The number of hydrogen-bond donors (Lipinski definition) is 2. The summed E-state index contributed by atoms with van der Waals surface area (Å²) in [5.74, 6) is -1.27. The van der Waals surface area contributed by atoms with E-state index in [1.165, 1.54) is 12.3 Å². The lowest BCUT2D eigenvalue weighted by molar-refractivity contribution is 0.227. The molecule has 0 bridgehead atoms. The van der Waals surface area contributed by atoms with Crippen molar-refractivity contribution in [2.75, 3.05) is 18.8 Å². The molecule has 1 atom stereocenters. The van der Waals surface area contributed by atoms with Gasteiger partial charge >= 0.3 is 0 Å². The van der Waals surface area contributed by atoms with E-state index >= 15 is 0 Å². The summed E-state index contributed by atoms with van der Waals surface area (Å²) in [6.07, 6.45) is 4.06. The predicted molar refractivity (Wildman–Crippen MR) is 116 cm³/mol. The van der Waals surface area contributed by atoms with Crippen LogP contribution in [0.3, 0.4) is 0 Å². The molecule has 158 valence electrons. The molecular formula is C21H22Cl2FN5O. The SMILES string of the molecule is [2H]C([2H])([2H])[C@]([2H])(Oc1cc(-c2cnn(C3CCNCC3)c2)cnc1N)c1c(Cl)ccc(F)c1Cl. The normalized spacial score (nSPS) is 19.3. The Bertz CT molecular complexity index is 1200. The van der Waals surface area contributed by atoms with Gasteiger partial charge in [-0.2, -0.15) is 5.10 Å². The Hall–Kier alpha value is -2.35. The zero-order chi connectivity index (χ0) is 24.7. The molecule has 2 aromatic heterocycles. The Kier molecular flexibility index (Phi) is 4.80. The van der Waals surface area contributed by atoms with Crippen molar-refractivity contribution in [2.24, 2.45) is 0 Å². The maximum absolute atomic E-state index is 14.2. The average molecular weight is 454 g/mol. The molecule has 1 saturated heterocycles. The third-order valence-corrected chi connectivity index (χ3v) is 5.67. The van der Waals surface area contributed by atoms with E-state index in [4.69, 9.17) is 39.2 Å². The van der Waals surface area contributed by atoms with Crippen LogP contribution in [0.2, 0.25) is 10.0 Å². The highest BCUT2D eigenvalue weighted by molar-refractivity contribution is 6.36. The Morgan fingerprint density at radius 3 is 2.90 bits per heavy atom. The van der Waals surface area contributed by atoms with E-state index < -0.39 is 29.3 Å². The third-order valence-electron chi connectivity index (χ3n) is 4.98. The lowest BCUT2D eigenvalue weighted by Crippen LogP contribution is -2.29. The molecule has 0 radical (unpaired) electrons. The molecule has 1 aliphatic heterocycles. The van der Waals surface area contributed by atoms with Crippen LogP contribution in [0.4, 0.5) is 10.2 Å². The van der Waals surface area contributed by atoms with Crippen LogP contribution < -0.4 is 15.8 Å². The summed E-state index contributed by atoms with van der Waals surface area (Å²) >= 11 is 12.2. The summed E-state index contributed by atoms with van der Waals surface area (Å²) in [7, 11) is 0. The van der Waals surface area contributed by atoms with Crippen LogP contribution in [0.1, 0.15) is 42.9 Å². The number of pyridine rings is 1. The van der Waals surface area contributed by atoms with Gasteiger partial charge in [-0.25, -0.2) is 9.37 Å². The average Bonchev–Trinajstić information content (AvgIpc) is 3.28. The number of rotatable bonds is 5. The number of aromatic nitrogens is 3. The van der Waals surface area contributed by atoms with E-state index in [1.54, 1.807) is 6.20 Å². The van der Waals surface area contributed by atoms with E-state index in [1.807, 2.05) is 10.9 Å². The van der Waals surface area contributed by atoms with Crippen molar-refractivity contribution >= 4 is 29.0 Å². The summed E-state index contributed by atoms with van der Waals surface area (Å²) in [5, 5.41) is 6.90. The zero-order valence-corrected chi connectivity index (χ0v) is 17.3. The smallest absolute Gasteiger partial charge is 0.166 e. The molecule has 3 N–H and O–H groups in total. The van der Waals surface area contributed by atoms with Gasteiger partial charge < -0.3 is 15.8 Å². The molecule has 1 aliphatic rings. The number of benzene rings is 1. The topological polar surface area (TPSA) is 78.0 Å². The molecule has 0 saturated carbocycles. The Labute approximate surface area is 189 Å². The van der Waals surface area contributed by atoms with Crippen LogP contribution >= 0.6 is 23.2 Å². The number of hydrogen-bond acceptors (Lipinski definition) is 5. The van der Waals surface area contributed by atoms with Gasteiger partial charge in [0, 0.05) is 38.2 Å². The first kappa shape index (κ1) is 16.4. The van der Waals surface area contributed by atoms with Crippen LogP contribution in [0.5, 0.6) is 5.75 Å². The molecule has 6 nitrogen and oxygen atoms in total. The van der Waals surface area contributed by atoms with Crippen molar-refractivity contribution in [1.29, 1.82) is 0 Å². The van der Waals surface area contributed by atoms with E-state index in [2.05, 4.69) is 15.4 Å². The number of nitrogens with two attached hydrogens (primary N) is 1. The number of piperidine rings is 1. The molecular weight excluding hydrogens is 428 g/mol. The lowest BCUT2D eigenvalue weighted by Gasteiger charge is -2.22. The van der Waals surface area contributed by atoms with Gasteiger partial charge in [0.25, 0.3) is 0 Å². The van der Waals surface area contributed by atoms with E-state index in [0.29, 0.717) is 11.1 Å². The van der Waals surface area contributed by atoms with Gasteiger partial charge in [0.1, 0.15) is 11.9 Å². The minimum Gasteiger partial charge on any atom is -0.482 e. The summed E-state index contributed by atoms with van der Waals surface area (Å²) in [5.41, 5.74) is 6.68. The molecule has 0 aliphatic carbocycles. The maximum Gasteiger partial charge on any atom is 0.166 e. The Morgan fingerprint density at radius 1 is 1.33 bits per heavy atom. The maximum atomic E-state index is 14.2. The number of halogens is 3. The highest BCUT2D eigenvalue weighted by atomic mass is 35.5. The van der Waals surface area contributed by atoms with Crippen molar-refractivity contribution in [2.45, 2.75) is 31.8 Å². The molecule has 3 heterocycles. The molecule has 0 amide bonds. The van der Waals surface area contributed by atoms with Gasteiger partial charge in [-0.15, -0.1) is 0 Å². The fraction of sp³-hybridized carbons (Fsp3) is 0.333.